The maximum atomic E-state index is 12.6. The van der Waals surface area contributed by atoms with Crippen molar-refractivity contribution < 1.29 is 19.2 Å². The predicted molar refractivity (Wildman–Crippen MR) is 97.0 cm³/mol. The second kappa shape index (κ2) is 7.43. The second-order valence-corrected chi connectivity index (χ2v) is 6.05. The van der Waals surface area contributed by atoms with Gasteiger partial charge in [-0.05, 0) is 36.1 Å². The standard InChI is InChI=1S/C19H20N2O5/c1-25-17-7-3-13(11-18(17)26-2)4-8-19(22)20-10-9-14-5-6-15(21(23)24)12-16(14)20/h3,5-7,11-12H,4,8-10H2,1-2H3. The molecule has 0 bridgehead atoms. The van der Waals surface area contributed by atoms with E-state index >= 15 is 0 Å². The molecule has 0 aromatic heterocycles. The summed E-state index contributed by atoms with van der Waals surface area (Å²) in [5.74, 6) is 1.22. The van der Waals surface area contributed by atoms with Crippen LogP contribution in [0.25, 0.3) is 0 Å². The number of carbonyl (C=O) groups excluding carboxylic acids is 1. The number of nitro groups is 1. The van der Waals surface area contributed by atoms with E-state index in [1.807, 2.05) is 18.2 Å². The van der Waals surface area contributed by atoms with E-state index in [-0.39, 0.29) is 11.6 Å². The zero-order valence-corrected chi connectivity index (χ0v) is 14.7. The van der Waals surface area contributed by atoms with E-state index in [1.165, 1.54) is 12.1 Å². The van der Waals surface area contributed by atoms with E-state index in [0.29, 0.717) is 36.6 Å². The topological polar surface area (TPSA) is 81.9 Å². The van der Waals surface area contributed by atoms with Gasteiger partial charge in [-0.25, -0.2) is 0 Å². The fourth-order valence-corrected chi connectivity index (χ4v) is 3.16. The fraction of sp³-hybridized carbons (Fsp3) is 0.316. The summed E-state index contributed by atoms with van der Waals surface area (Å²) in [6, 6.07) is 10.3. The van der Waals surface area contributed by atoms with Gasteiger partial charge in [0, 0.05) is 25.1 Å². The van der Waals surface area contributed by atoms with Gasteiger partial charge in [0.15, 0.2) is 11.5 Å². The van der Waals surface area contributed by atoms with Crippen LogP contribution in [0.15, 0.2) is 36.4 Å². The van der Waals surface area contributed by atoms with Crippen molar-refractivity contribution in [1.82, 2.24) is 0 Å². The van der Waals surface area contributed by atoms with Gasteiger partial charge >= 0.3 is 0 Å². The minimum atomic E-state index is -0.440. The number of aryl methyl sites for hydroxylation is 1. The SMILES string of the molecule is COc1ccc(CCC(=O)N2CCc3ccc([N+](=O)[O-])cc32)cc1OC. The number of ether oxygens (including phenoxy) is 2. The Morgan fingerprint density at radius 3 is 2.62 bits per heavy atom. The van der Waals surface area contributed by atoms with E-state index in [4.69, 9.17) is 9.47 Å². The Morgan fingerprint density at radius 1 is 1.15 bits per heavy atom. The van der Waals surface area contributed by atoms with E-state index in [0.717, 1.165) is 17.5 Å². The zero-order chi connectivity index (χ0) is 18.7. The molecule has 7 heteroatoms. The molecule has 0 fully saturated rings. The summed E-state index contributed by atoms with van der Waals surface area (Å²) in [5.41, 5.74) is 2.59. The lowest BCUT2D eigenvalue weighted by Crippen LogP contribution is -2.29. The molecular weight excluding hydrogens is 336 g/mol. The number of non-ortho nitro benzene ring substituents is 1. The molecule has 2 aromatic rings. The highest BCUT2D eigenvalue weighted by atomic mass is 16.6. The summed E-state index contributed by atoms with van der Waals surface area (Å²) in [4.78, 5) is 24.8. The largest absolute Gasteiger partial charge is 0.493 e. The zero-order valence-electron chi connectivity index (χ0n) is 14.7. The first-order valence-electron chi connectivity index (χ1n) is 8.32. The van der Waals surface area contributed by atoms with Gasteiger partial charge in [-0.2, -0.15) is 0 Å². The average molecular weight is 356 g/mol. The summed E-state index contributed by atoms with van der Waals surface area (Å²) >= 11 is 0. The third-order valence-corrected chi connectivity index (χ3v) is 4.55. The summed E-state index contributed by atoms with van der Waals surface area (Å²) in [5, 5.41) is 11.0. The molecule has 1 aliphatic rings. The molecule has 0 atom stereocenters. The molecule has 1 amide bonds. The Balaban J connectivity index is 1.71. The maximum absolute atomic E-state index is 12.6. The molecule has 2 aromatic carbocycles. The van der Waals surface area contributed by atoms with E-state index in [2.05, 4.69) is 0 Å². The molecule has 1 heterocycles. The molecule has 7 nitrogen and oxygen atoms in total. The minimum Gasteiger partial charge on any atom is -0.493 e. The monoisotopic (exact) mass is 356 g/mol. The molecule has 136 valence electrons. The molecule has 0 radical (unpaired) electrons. The number of nitro benzene ring substituents is 1. The highest BCUT2D eigenvalue weighted by Crippen LogP contribution is 2.32. The molecule has 0 saturated carbocycles. The van der Waals surface area contributed by atoms with Crippen molar-refractivity contribution in [2.45, 2.75) is 19.3 Å². The van der Waals surface area contributed by atoms with Crippen LogP contribution >= 0.6 is 0 Å². The molecule has 0 saturated heterocycles. The first-order chi connectivity index (χ1) is 12.5. The molecule has 3 rings (SSSR count). The number of amides is 1. The van der Waals surface area contributed by atoms with Crippen molar-refractivity contribution in [3.63, 3.8) is 0 Å². The Kier molecular flexibility index (Phi) is 5.06. The van der Waals surface area contributed by atoms with Crippen LogP contribution in [0.1, 0.15) is 17.5 Å². The highest BCUT2D eigenvalue weighted by molar-refractivity contribution is 5.96. The van der Waals surface area contributed by atoms with Gasteiger partial charge in [-0.3, -0.25) is 14.9 Å². The van der Waals surface area contributed by atoms with Crippen molar-refractivity contribution in [2.75, 3.05) is 25.7 Å². The molecule has 0 aliphatic carbocycles. The summed E-state index contributed by atoms with van der Waals surface area (Å²) in [7, 11) is 3.14. The third kappa shape index (κ3) is 3.46. The quantitative estimate of drug-likeness (QED) is 0.587. The Morgan fingerprint density at radius 2 is 1.92 bits per heavy atom. The van der Waals surface area contributed by atoms with E-state index < -0.39 is 4.92 Å². The van der Waals surface area contributed by atoms with Gasteiger partial charge in [0.2, 0.25) is 5.91 Å². The van der Waals surface area contributed by atoms with Crippen LogP contribution in [0.5, 0.6) is 11.5 Å². The first kappa shape index (κ1) is 17.7. The lowest BCUT2D eigenvalue weighted by molar-refractivity contribution is -0.384. The maximum Gasteiger partial charge on any atom is 0.271 e. The molecule has 26 heavy (non-hydrogen) atoms. The van der Waals surface area contributed by atoms with Crippen LogP contribution < -0.4 is 14.4 Å². The van der Waals surface area contributed by atoms with Crippen LogP contribution in [0, 0.1) is 10.1 Å². The van der Waals surface area contributed by atoms with Crippen molar-refractivity contribution in [3.05, 3.63) is 57.6 Å². The average Bonchev–Trinajstić information content (AvgIpc) is 3.09. The summed E-state index contributed by atoms with van der Waals surface area (Å²) in [6.45, 7) is 0.557. The fourth-order valence-electron chi connectivity index (χ4n) is 3.16. The van der Waals surface area contributed by atoms with Crippen LogP contribution in [0.3, 0.4) is 0 Å². The lowest BCUT2D eigenvalue weighted by atomic mass is 10.1. The van der Waals surface area contributed by atoms with Gasteiger partial charge in [0.1, 0.15) is 0 Å². The third-order valence-electron chi connectivity index (χ3n) is 4.55. The Bertz CT molecular complexity index is 850. The van der Waals surface area contributed by atoms with Gasteiger partial charge in [-0.15, -0.1) is 0 Å². The molecule has 0 N–H and O–H groups in total. The second-order valence-electron chi connectivity index (χ2n) is 6.05. The number of carbonyl (C=O) groups is 1. The van der Waals surface area contributed by atoms with Gasteiger partial charge < -0.3 is 14.4 Å². The van der Waals surface area contributed by atoms with Crippen molar-refractivity contribution >= 4 is 17.3 Å². The van der Waals surface area contributed by atoms with Gasteiger partial charge in [0.25, 0.3) is 5.69 Å². The van der Waals surface area contributed by atoms with E-state index in [9.17, 15) is 14.9 Å². The van der Waals surface area contributed by atoms with Gasteiger partial charge in [-0.1, -0.05) is 12.1 Å². The lowest BCUT2D eigenvalue weighted by Gasteiger charge is -2.17. The minimum absolute atomic E-state index is 0.00309. The summed E-state index contributed by atoms with van der Waals surface area (Å²) in [6.07, 6.45) is 1.59. The summed E-state index contributed by atoms with van der Waals surface area (Å²) < 4.78 is 10.5. The van der Waals surface area contributed by atoms with E-state index in [1.54, 1.807) is 25.2 Å². The Labute approximate surface area is 151 Å². The number of fused-ring (bicyclic) bond motifs is 1. The van der Waals surface area contributed by atoms with Crippen LogP contribution in [-0.2, 0) is 17.6 Å². The van der Waals surface area contributed by atoms with Crippen molar-refractivity contribution in [1.29, 1.82) is 0 Å². The predicted octanol–water partition coefficient (Wildman–Crippen LogP) is 3.13. The number of hydrogen-bond acceptors (Lipinski definition) is 5. The number of anilines is 1. The molecule has 0 unspecified atom stereocenters. The number of benzene rings is 2. The normalized spacial score (nSPS) is 12.6. The molecular formula is C19H20N2O5. The van der Waals surface area contributed by atoms with Crippen molar-refractivity contribution in [3.8, 4) is 11.5 Å². The number of rotatable bonds is 6. The van der Waals surface area contributed by atoms with Crippen molar-refractivity contribution in [2.24, 2.45) is 0 Å². The van der Waals surface area contributed by atoms with Gasteiger partial charge in [0.05, 0.1) is 24.8 Å². The highest BCUT2D eigenvalue weighted by Gasteiger charge is 2.26. The first-order valence-corrected chi connectivity index (χ1v) is 8.32. The smallest absolute Gasteiger partial charge is 0.271 e. The Hall–Kier alpha value is -3.09. The number of nitrogens with zero attached hydrogens (tertiary/aromatic N) is 2. The number of methoxy groups -OCH3 is 2. The van der Waals surface area contributed by atoms with Crippen LogP contribution in [0.4, 0.5) is 11.4 Å². The van der Waals surface area contributed by atoms with Crippen LogP contribution in [-0.4, -0.2) is 31.6 Å². The molecule has 1 aliphatic heterocycles. The number of hydrogen-bond donors (Lipinski definition) is 0. The van der Waals surface area contributed by atoms with Crippen LogP contribution in [0.2, 0.25) is 0 Å². The molecule has 0 spiro atoms.